The topological polar surface area (TPSA) is 68.0 Å². The molecule has 19 heavy (non-hydrogen) atoms. The minimum atomic E-state index is -1.02. The summed E-state index contributed by atoms with van der Waals surface area (Å²) in [4.78, 5) is 12.3. The Hall–Kier alpha value is -1.21. The van der Waals surface area contributed by atoms with Crippen molar-refractivity contribution in [2.75, 3.05) is 0 Å². The molecule has 0 saturated heterocycles. The number of aromatic nitrogens is 3. The summed E-state index contributed by atoms with van der Waals surface area (Å²) < 4.78 is 2.71. The summed E-state index contributed by atoms with van der Waals surface area (Å²) in [5, 5.41) is 18.9. The Kier molecular flexibility index (Phi) is 4.36. The smallest absolute Gasteiger partial charge is 0.358 e. The predicted octanol–water partition coefficient (Wildman–Crippen LogP) is 3.05. The summed E-state index contributed by atoms with van der Waals surface area (Å²) in [6, 6.07) is 2.01. The summed E-state index contributed by atoms with van der Waals surface area (Å²) in [5.74, 6) is -0.667. The lowest BCUT2D eigenvalue weighted by Crippen LogP contribution is -2.11. The van der Waals surface area contributed by atoms with E-state index in [2.05, 4.69) is 26.2 Å². The summed E-state index contributed by atoms with van der Waals surface area (Å²) in [6.45, 7) is 4.65. The number of carboxylic acid groups (broad SMARTS) is 1. The van der Waals surface area contributed by atoms with Gasteiger partial charge in [0.2, 0.25) is 0 Å². The molecule has 0 aliphatic carbocycles. The van der Waals surface area contributed by atoms with Crippen molar-refractivity contribution >= 4 is 33.2 Å². The van der Waals surface area contributed by atoms with E-state index >= 15 is 0 Å². The van der Waals surface area contributed by atoms with Crippen molar-refractivity contribution in [1.29, 1.82) is 0 Å². The van der Waals surface area contributed by atoms with Gasteiger partial charge in [0.05, 0.1) is 12.2 Å². The number of carbonyl (C=O) groups is 1. The Morgan fingerprint density at radius 1 is 1.58 bits per heavy atom. The lowest BCUT2D eigenvalue weighted by Gasteiger charge is -2.08. The number of thiophene rings is 1. The van der Waals surface area contributed by atoms with Crippen molar-refractivity contribution in [2.45, 2.75) is 26.8 Å². The van der Waals surface area contributed by atoms with E-state index in [1.165, 1.54) is 0 Å². The molecule has 0 unspecified atom stereocenters. The van der Waals surface area contributed by atoms with Gasteiger partial charge in [-0.25, -0.2) is 9.48 Å². The minimum absolute atomic E-state index is 0.0596. The summed E-state index contributed by atoms with van der Waals surface area (Å²) >= 11 is 5.01. The van der Waals surface area contributed by atoms with Gasteiger partial charge in [0.15, 0.2) is 5.69 Å². The lowest BCUT2D eigenvalue weighted by atomic mass is 10.1. The maximum absolute atomic E-state index is 11.2. The highest BCUT2D eigenvalue weighted by molar-refractivity contribution is 9.10. The Morgan fingerprint density at radius 2 is 2.32 bits per heavy atom. The van der Waals surface area contributed by atoms with Crippen LogP contribution in [0, 0.1) is 5.92 Å². The van der Waals surface area contributed by atoms with Gasteiger partial charge in [-0.05, 0) is 34.3 Å². The first-order valence-corrected chi connectivity index (χ1v) is 7.53. The molecule has 1 N–H and O–H groups in total. The number of hydrogen-bond donors (Lipinski definition) is 1. The Labute approximate surface area is 123 Å². The Bertz CT molecular complexity index is 592. The second kappa shape index (κ2) is 5.83. The molecule has 0 radical (unpaired) electrons. The van der Waals surface area contributed by atoms with E-state index in [0.717, 1.165) is 9.35 Å². The fraction of sp³-hybridized carbons (Fsp3) is 0.417. The molecular formula is C12H14BrN3O2S. The summed E-state index contributed by atoms with van der Waals surface area (Å²) in [5.41, 5.74) is 0.747. The molecule has 0 aliphatic rings. The molecular weight excluding hydrogens is 330 g/mol. The molecule has 0 saturated carbocycles. The maximum atomic E-state index is 11.2. The molecule has 0 aromatic carbocycles. The van der Waals surface area contributed by atoms with Crippen LogP contribution in [-0.2, 0) is 13.0 Å². The molecule has 0 aliphatic heterocycles. The molecule has 0 amide bonds. The van der Waals surface area contributed by atoms with Gasteiger partial charge in [-0.3, -0.25) is 0 Å². The fourth-order valence-electron chi connectivity index (χ4n) is 1.80. The summed E-state index contributed by atoms with van der Waals surface area (Å²) in [7, 11) is 0. The molecule has 2 rings (SSSR count). The highest BCUT2D eigenvalue weighted by Crippen LogP contribution is 2.22. The van der Waals surface area contributed by atoms with Crippen molar-refractivity contribution in [1.82, 2.24) is 15.0 Å². The van der Waals surface area contributed by atoms with E-state index in [4.69, 9.17) is 5.11 Å². The number of rotatable bonds is 5. The minimum Gasteiger partial charge on any atom is -0.476 e. The first kappa shape index (κ1) is 14.2. The van der Waals surface area contributed by atoms with Gasteiger partial charge in [-0.1, -0.05) is 19.1 Å². The Balaban J connectivity index is 2.31. The number of aromatic carboxylic acids is 1. The summed E-state index contributed by atoms with van der Waals surface area (Å²) in [6.07, 6.45) is 0.654. The van der Waals surface area contributed by atoms with Crippen LogP contribution < -0.4 is 0 Å². The van der Waals surface area contributed by atoms with Gasteiger partial charge >= 0.3 is 5.97 Å². The molecule has 2 heterocycles. The van der Waals surface area contributed by atoms with Crippen molar-refractivity contribution in [3.8, 4) is 0 Å². The van der Waals surface area contributed by atoms with Crippen molar-refractivity contribution < 1.29 is 9.90 Å². The van der Waals surface area contributed by atoms with E-state index in [9.17, 15) is 4.79 Å². The highest BCUT2D eigenvalue weighted by Gasteiger charge is 2.20. The molecule has 0 spiro atoms. The van der Waals surface area contributed by atoms with E-state index in [-0.39, 0.29) is 5.69 Å². The van der Waals surface area contributed by atoms with E-state index in [0.29, 0.717) is 24.6 Å². The van der Waals surface area contributed by atoms with Crippen molar-refractivity contribution in [2.24, 2.45) is 5.92 Å². The maximum Gasteiger partial charge on any atom is 0.358 e. The fourth-order valence-corrected chi connectivity index (χ4v) is 3.23. The standard InChI is InChI=1S/C12H14BrN3O2S/c1-7(2)3-10-11(12(17)18)14-15-16(10)5-9-4-8(13)6-19-9/h4,6-7H,3,5H2,1-2H3,(H,17,18). The third-order valence-electron chi connectivity index (χ3n) is 2.57. The zero-order valence-corrected chi connectivity index (χ0v) is 13.0. The zero-order chi connectivity index (χ0) is 14.0. The first-order valence-electron chi connectivity index (χ1n) is 5.86. The molecule has 0 bridgehead atoms. The molecule has 2 aromatic rings. The first-order chi connectivity index (χ1) is 8.97. The normalized spacial score (nSPS) is 11.2. The SMILES string of the molecule is CC(C)Cc1c(C(=O)O)nnn1Cc1cc(Br)cs1. The third-order valence-corrected chi connectivity index (χ3v) is 4.25. The molecule has 7 heteroatoms. The molecule has 0 atom stereocenters. The van der Waals surface area contributed by atoms with E-state index in [1.807, 2.05) is 25.3 Å². The van der Waals surface area contributed by atoms with Crippen LogP contribution in [0.5, 0.6) is 0 Å². The number of carboxylic acids is 1. The quantitative estimate of drug-likeness (QED) is 0.905. The van der Waals surface area contributed by atoms with Crippen LogP contribution in [0.1, 0.15) is 34.9 Å². The monoisotopic (exact) mass is 343 g/mol. The third kappa shape index (κ3) is 3.42. The largest absolute Gasteiger partial charge is 0.476 e. The van der Waals surface area contributed by atoms with E-state index in [1.54, 1.807) is 16.0 Å². The Morgan fingerprint density at radius 3 is 2.84 bits per heavy atom. The average molecular weight is 344 g/mol. The lowest BCUT2D eigenvalue weighted by molar-refractivity contribution is 0.0689. The van der Waals surface area contributed by atoms with Crippen LogP contribution in [0.25, 0.3) is 0 Å². The number of nitrogens with zero attached hydrogens (tertiary/aromatic N) is 3. The average Bonchev–Trinajstić information content (AvgIpc) is 2.87. The van der Waals surface area contributed by atoms with Gasteiger partial charge in [0.25, 0.3) is 0 Å². The van der Waals surface area contributed by atoms with Gasteiger partial charge < -0.3 is 5.11 Å². The van der Waals surface area contributed by atoms with Crippen LogP contribution in [0.4, 0.5) is 0 Å². The number of hydrogen-bond acceptors (Lipinski definition) is 4. The molecule has 102 valence electrons. The molecule has 0 fully saturated rings. The second-order valence-corrected chi connectivity index (χ2v) is 6.59. The van der Waals surface area contributed by atoms with Gasteiger partial charge in [0, 0.05) is 14.7 Å². The molecule has 2 aromatic heterocycles. The van der Waals surface area contributed by atoms with Crippen LogP contribution in [0.15, 0.2) is 15.9 Å². The van der Waals surface area contributed by atoms with Crippen molar-refractivity contribution in [3.63, 3.8) is 0 Å². The van der Waals surface area contributed by atoms with Crippen LogP contribution in [-0.4, -0.2) is 26.1 Å². The van der Waals surface area contributed by atoms with Gasteiger partial charge in [-0.2, -0.15) is 0 Å². The van der Waals surface area contributed by atoms with Crippen LogP contribution >= 0.6 is 27.3 Å². The highest BCUT2D eigenvalue weighted by atomic mass is 79.9. The predicted molar refractivity (Wildman–Crippen MR) is 76.6 cm³/mol. The second-order valence-electron chi connectivity index (χ2n) is 4.68. The van der Waals surface area contributed by atoms with Crippen LogP contribution in [0.2, 0.25) is 0 Å². The van der Waals surface area contributed by atoms with E-state index < -0.39 is 5.97 Å². The van der Waals surface area contributed by atoms with Crippen LogP contribution in [0.3, 0.4) is 0 Å². The molecule has 5 nitrogen and oxygen atoms in total. The van der Waals surface area contributed by atoms with Gasteiger partial charge in [-0.15, -0.1) is 16.4 Å². The van der Waals surface area contributed by atoms with Gasteiger partial charge in [0.1, 0.15) is 0 Å². The zero-order valence-electron chi connectivity index (χ0n) is 10.6. The van der Waals surface area contributed by atoms with Crippen molar-refractivity contribution in [3.05, 3.63) is 32.2 Å². The number of halogens is 1.